The Hall–Kier alpha value is -1.17. The van der Waals surface area contributed by atoms with Gasteiger partial charge in [-0.15, -0.1) is 0 Å². The molecule has 0 bridgehead atoms. The molecule has 0 spiro atoms. The maximum Gasteiger partial charge on any atom is 0.175 e. The predicted octanol–water partition coefficient (Wildman–Crippen LogP) is 1.08. The predicted molar refractivity (Wildman–Crippen MR) is 76.5 cm³/mol. The summed E-state index contributed by atoms with van der Waals surface area (Å²) in [5.74, 6) is 0.505. The highest BCUT2D eigenvalue weighted by molar-refractivity contribution is 7.90. The van der Waals surface area contributed by atoms with Gasteiger partial charge < -0.3 is 11.1 Å². The fourth-order valence-electron chi connectivity index (χ4n) is 2.21. The first-order valence-electron chi connectivity index (χ1n) is 6.39. The molecule has 0 aliphatic heterocycles. The van der Waals surface area contributed by atoms with Gasteiger partial charge in [0.15, 0.2) is 9.84 Å². The van der Waals surface area contributed by atoms with E-state index in [0.29, 0.717) is 10.8 Å². The summed E-state index contributed by atoms with van der Waals surface area (Å²) in [5.41, 5.74) is 6.88. The fourth-order valence-corrected chi connectivity index (χ4v) is 2.84. The minimum absolute atomic E-state index is 0.195. The molecule has 0 radical (unpaired) electrons. The zero-order chi connectivity index (χ0) is 13.9. The van der Waals surface area contributed by atoms with Crippen molar-refractivity contribution in [2.24, 2.45) is 11.7 Å². The molecule has 0 fully saturated rings. The normalized spacial score (nSPS) is 22.8. The van der Waals surface area contributed by atoms with E-state index in [-0.39, 0.29) is 6.04 Å². The third-order valence-electron chi connectivity index (χ3n) is 3.29. The first kappa shape index (κ1) is 14.2. The topological polar surface area (TPSA) is 72.2 Å². The molecule has 2 rings (SSSR count). The Kier molecular flexibility index (Phi) is 4.39. The average Bonchev–Trinajstić information content (AvgIpc) is 2.75. The van der Waals surface area contributed by atoms with Crippen molar-refractivity contribution < 1.29 is 8.42 Å². The number of nitrogens with two attached hydrogens (primary N) is 1. The first-order valence-corrected chi connectivity index (χ1v) is 8.28. The van der Waals surface area contributed by atoms with E-state index in [1.54, 1.807) is 12.1 Å². The molecule has 0 saturated heterocycles. The van der Waals surface area contributed by atoms with Gasteiger partial charge in [0.05, 0.1) is 4.90 Å². The molecular weight excluding hydrogens is 260 g/mol. The van der Waals surface area contributed by atoms with Gasteiger partial charge in [-0.2, -0.15) is 0 Å². The molecule has 1 aliphatic rings. The lowest BCUT2D eigenvalue weighted by Crippen LogP contribution is -2.23. The van der Waals surface area contributed by atoms with E-state index in [1.807, 2.05) is 18.2 Å². The molecule has 1 aromatic carbocycles. The van der Waals surface area contributed by atoms with Crippen LogP contribution >= 0.6 is 0 Å². The van der Waals surface area contributed by atoms with Crippen molar-refractivity contribution >= 4 is 9.84 Å². The molecule has 0 aromatic heterocycles. The molecule has 4 nitrogen and oxygen atoms in total. The number of nitrogens with one attached hydrogen (secondary N) is 1. The molecular formula is C14H20N2O2S. The van der Waals surface area contributed by atoms with Crippen molar-refractivity contribution in [2.75, 3.05) is 12.8 Å². The quantitative estimate of drug-likeness (QED) is 0.792. The van der Waals surface area contributed by atoms with Gasteiger partial charge in [-0.05, 0) is 30.0 Å². The van der Waals surface area contributed by atoms with Crippen LogP contribution in [0.2, 0.25) is 0 Å². The summed E-state index contributed by atoms with van der Waals surface area (Å²) in [4.78, 5) is 0.362. The van der Waals surface area contributed by atoms with Crippen LogP contribution in [0.4, 0.5) is 0 Å². The first-order chi connectivity index (χ1) is 8.95. The molecule has 0 saturated carbocycles. The standard InChI is InChI=1S/C14H20N2O2S/c1-19(17,18)14-6-3-11(4-7-14)9-16-10-12-2-5-13(15)8-12/h2-7,12-13,16H,8-10,15H2,1H3. The summed E-state index contributed by atoms with van der Waals surface area (Å²) >= 11 is 0. The number of rotatable bonds is 5. The zero-order valence-electron chi connectivity index (χ0n) is 11.0. The van der Waals surface area contributed by atoms with Crippen LogP contribution in [0.15, 0.2) is 41.3 Å². The maximum atomic E-state index is 11.3. The lowest BCUT2D eigenvalue weighted by atomic mass is 10.1. The van der Waals surface area contributed by atoms with Crippen molar-refractivity contribution in [3.63, 3.8) is 0 Å². The van der Waals surface area contributed by atoms with Gasteiger partial charge in [-0.1, -0.05) is 24.3 Å². The molecule has 3 N–H and O–H groups in total. The lowest BCUT2D eigenvalue weighted by Gasteiger charge is -2.11. The van der Waals surface area contributed by atoms with E-state index in [1.165, 1.54) is 6.26 Å². The number of benzene rings is 1. The van der Waals surface area contributed by atoms with E-state index in [9.17, 15) is 8.42 Å². The van der Waals surface area contributed by atoms with Gasteiger partial charge in [-0.25, -0.2) is 8.42 Å². The van der Waals surface area contributed by atoms with Crippen molar-refractivity contribution in [1.82, 2.24) is 5.32 Å². The van der Waals surface area contributed by atoms with Crippen molar-refractivity contribution in [1.29, 1.82) is 0 Å². The van der Waals surface area contributed by atoms with Gasteiger partial charge >= 0.3 is 0 Å². The van der Waals surface area contributed by atoms with Crippen molar-refractivity contribution in [2.45, 2.75) is 23.9 Å². The molecule has 104 valence electrons. The van der Waals surface area contributed by atoms with Crippen LogP contribution in [0.25, 0.3) is 0 Å². The highest BCUT2D eigenvalue weighted by Crippen LogP contribution is 2.15. The highest BCUT2D eigenvalue weighted by atomic mass is 32.2. The van der Waals surface area contributed by atoms with Crippen LogP contribution < -0.4 is 11.1 Å². The molecule has 5 heteroatoms. The molecule has 2 unspecified atom stereocenters. The number of hydrogen-bond donors (Lipinski definition) is 2. The summed E-state index contributed by atoms with van der Waals surface area (Å²) in [6, 6.07) is 7.19. The Morgan fingerprint density at radius 3 is 2.47 bits per heavy atom. The van der Waals surface area contributed by atoms with Crippen molar-refractivity contribution in [3.8, 4) is 0 Å². The third kappa shape index (κ3) is 4.16. The largest absolute Gasteiger partial charge is 0.324 e. The molecule has 1 aliphatic carbocycles. The molecule has 19 heavy (non-hydrogen) atoms. The van der Waals surface area contributed by atoms with Crippen LogP contribution in [0.5, 0.6) is 0 Å². The highest BCUT2D eigenvalue weighted by Gasteiger charge is 2.14. The van der Waals surface area contributed by atoms with Crippen LogP contribution in [-0.2, 0) is 16.4 Å². The zero-order valence-corrected chi connectivity index (χ0v) is 11.9. The minimum Gasteiger partial charge on any atom is -0.324 e. The summed E-state index contributed by atoms with van der Waals surface area (Å²) in [6.45, 7) is 1.64. The Bertz CT molecular complexity index is 549. The second-order valence-electron chi connectivity index (χ2n) is 5.09. The van der Waals surface area contributed by atoms with Crippen LogP contribution in [0.1, 0.15) is 12.0 Å². The van der Waals surface area contributed by atoms with Crippen molar-refractivity contribution in [3.05, 3.63) is 42.0 Å². The molecule has 2 atom stereocenters. The smallest absolute Gasteiger partial charge is 0.175 e. The second kappa shape index (κ2) is 5.86. The van der Waals surface area contributed by atoms with Gasteiger partial charge in [0, 0.05) is 25.4 Å². The summed E-state index contributed by atoms with van der Waals surface area (Å²) in [5, 5.41) is 3.37. The average molecular weight is 280 g/mol. The van der Waals surface area contributed by atoms with E-state index in [4.69, 9.17) is 5.73 Å². The summed E-state index contributed by atoms with van der Waals surface area (Å²) in [6.07, 6.45) is 6.42. The number of sulfone groups is 1. The molecule has 0 heterocycles. The van der Waals surface area contributed by atoms with E-state index < -0.39 is 9.84 Å². The van der Waals surface area contributed by atoms with E-state index in [0.717, 1.165) is 25.1 Å². The Balaban J connectivity index is 1.82. The Labute approximate surface area is 114 Å². The van der Waals surface area contributed by atoms with Gasteiger partial charge in [-0.3, -0.25) is 0 Å². The lowest BCUT2D eigenvalue weighted by molar-refractivity contribution is 0.528. The fraction of sp³-hybridized carbons (Fsp3) is 0.429. The van der Waals surface area contributed by atoms with Crippen LogP contribution in [0, 0.1) is 5.92 Å². The van der Waals surface area contributed by atoms with Crippen LogP contribution in [0.3, 0.4) is 0 Å². The maximum absolute atomic E-state index is 11.3. The van der Waals surface area contributed by atoms with Gasteiger partial charge in [0.2, 0.25) is 0 Å². The molecule has 0 amide bonds. The van der Waals surface area contributed by atoms with Crippen LogP contribution in [-0.4, -0.2) is 27.3 Å². The monoisotopic (exact) mass is 280 g/mol. The van der Waals surface area contributed by atoms with E-state index in [2.05, 4.69) is 11.4 Å². The third-order valence-corrected chi connectivity index (χ3v) is 4.42. The minimum atomic E-state index is -3.10. The van der Waals surface area contributed by atoms with Gasteiger partial charge in [0.25, 0.3) is 0 Å². The van der Waals surface area contributed by atoms with Gasteiger partial charge in [0.1, 0.15) is 0 Å². The molecule has 1 aromatic rings. The SMILES string of the molecule is CS(=O)(=O)c1ccc(CNCC2C=CC(N)C2)cc1. The summed E-state index contributed by atoms with van der Waals surface area (Å²) in [7, 11) is -3.10. The Morgan fingerprint density at radius 1 is 1.26 bits per heavy atom. The summed E-state index contributed by atoms with van der Waals surface area (Å²) < 4.78 is 22.7. The van der Waals surface area contributed by atoms with E-state index >= 15 is 0 Å². The Morgan fingerprint density at radius 2 is 1.95 bits per heavy atom. The number of hydrogen-bond acceptors (Lipinski definition) is 4. The second-order valence-corrected chi connectivity index (χ2v) is 7.11.